The first-order valence-electron chi connectivity index (χ1n) is 6.24. The van der Waals surface area contributed by atoms with E-state index < -0.39 is 0 Å². The van der Waals surface area contributed by atoms with Crippen LogP contribution in [0.15, 0.2) is 57.5 Å². The molecule has 0 aliphatic heterocycles. The molecule has 0 fully saturated rings. The van der Waals surface area contributed by atoms with Crippen LogP contribution in [0.2, 0.25) is 0 Å². The van der Waals surface area contributed by atoms with Gasteiger partial charge in [0.1, 0.15) is 5.69 Å². The van der Waals surface area contributed by atoms with Crippen molar-refractivity contribution in [3.8, 4) is 22.4 Å². The average Bonchev–Trinajstić information content (AvgIpc) is 2.81. The summed E-state index contributed by atoms with van der Waals surface area (Å²) in [4.78, 5) is 0. The van der Waals surface area contributed by atoms with E-state index in [1.807, 2.05) is 55.5 Å². The molecule has 1 aromatic heterocycles. The summed E-state index contributed by atoms with van der Waals surface area (Å²) < 4.78 is 6.20. The molecule has 0 aliphatic carbocycles. The molecule has 4 heteroatoms. The van der Waals surface area contributed by atoms with Crippen molar-refractivity contribution in [3.05, 3.63) is 58.6 Å². The highest BCUT2D eigenvalue weighted by Gasteiger charge is 2.18. The number of nitrogen functional groups attached to an aromatic ring is 1. The summed E-state index contributed by atoms with van der Waals surface area (Å²) in [6, 6.07) is 16.0. The second-order valence-corrected chi connectivity index (χ2v) is 5.51. The van der Waals surface area contributed by atoms with Gasteiger partial charge in [-0.1, -0.05) is 57.5 Å². The van der Waals surface area contributed by atoms with Crippen molar-refractivity contribution >= 4 is 21.8 Å². The molecule has 0 saturated heterocycles. The number of benzene rings is 2. The summed E-state index contributed by atoms with van der Waals surface area (Å²) in [7, 11) is 0. The number of hydrogen-bond acceptors (Lipinski definition) is 3. The van der Waals surface area contributed by atoms with Crippen LogP contribution in [0.25, 0.3) is 22.4 Å². The maximum absolute atomic E-state index is 5.98. The van der Waals surface area contributed by atoms with Gasteiger partial charge in [-0.05, 0) is 30.2 Å². The van der Waals surface area contributed by atoms with E-state index >= 15 is 0 Å². The van der Waals surface area contributed by atoms with E-state index in [9.17, 15) is 0 Å². The lowest BCUT2D eigenvalue weighted by atomic mass is 9.97. The molecule has 3 aromatic rings. The molecule has 3 nitrogen and oxygen atoms in total. The zero-order valence-corrected chi connectivity index (χ0v) is 12.5. The lowest BCUT2D eigenvalue weighted by Gasteiger charge is -2.06. The number of halogens is 1. The van der Waals surface area contributed by atoms with Crippen molar-refractivity contribution < 1.29 is 4.52 Å². The first kappa shape index (κ1) is 12.9. The molecule has 0 radical (unpaired) electrons. The van der Waals surface area contributed by atoms with Crippen LogP contribution in [0.1, 0.15) is 5.56 Å². The fraction of sp³-hybridized carbons (Fsp3) is 0.0625. The van der Waals surface area contributed by atoms with Crippen LogP contribution >= 0.6 is 15.9 Å². The Bertz CT molecular complexity index is 765. The van der Waals surface area contributed by atoms with E-state index in [1.54, 1.807) is 0 Å². The molecule has 2 aromatic carbocycles. The molecular weight excluding hydrogens is 316 g/mol. The highest BCUT2D eigenvalue weighted by Crippen LogP contribution is 2.38. The summed E-state index contributed by atoms with van der Waals surface area (Å²) in [6.07, 6.45) is 0. The predicted octanol–water partition coefficient (Wildman–Crippen LogP) is 4.66. The SMILES string of the molecule is Cc1ccccc1-c1c(-c2cccc(Br)c2)noc1N. The third kappa shape index (κ3) is 2.23. The molecule has 0 bridgehead atoms. The number of rotatable bonds is 2. The van der Waals surface area contributed by atoms with Crippen molar-refractivity contribution in [1.29, 1.82) is 0 Å². The van der Waals surface area contributed by atoms with Crippen molar-refractivity contribution in [2.45, 2.75) is 6.92 Å². The van der Waals surface area contributed by atoms with Crippen LogP contribution in [0, 0.1) is 6.92 Å². The second kappa shape index (κ2) is 5.13. The van der Waals surface area contributed by atoms with Crippen LogP contribution in [-0.4, -0.2) is 5.16 Å². The second-order valence-electron chi connectivity index (χ2n) is 4.60. The smallest absolute Gasteiger partial charge is 0.230 e. The quantitative estimate of drug-likeness (QED) is 0.744. The van der Waals surface area contributed by atoms with E-state index in [4.69, 9.17) is 10.3 Å². The van der Waals surface area contributed by atoms with Gasteiger partial charge in [-0.25, -0.2) is 0 Å². The van der Waals surface area contributed by atoms with Crippen LogP contribution < -0.4 is 5.73 Å². The molecule has 0 unspecified atom stereocenters. The monoisotopic (exact) mass is 328 g/mol. The molecule has 0 amide bonds. The Labute approximate surface area is 125 Å². The third-order valence-corrected chi connectivity index (χ3v) is 3.72. The number of nitrogens with zero attached hydrogens (tertiary/aromatic N) is 1. The molecule has 3 rings (SSSR count). The topological polar surface area (TPSA) is 52.0 Å². The summed E-state index contributed by atoms with van der Waals surface area (Å²) in [5.74, 6) is 0.342. The van der Waals surface area contributed by atoms with Gasteiger partial charge in [0, 0.05) is 10.0 Å². The minimum absolute atomic E-state index is 0.342. The highest BCUT2D eigenvalue weighted by molar-refractivity contribution is 9.10. The number of aryl methyl sites for hydroxylation is 1. The molecule has 0 aliphatic rings. The van der Waals surface area contributed by atoms with Crippen molar-refractivity contribution in [3.63, 3.8) is 0 Å². The predicted molar refractivity (Wildman–Crippen MR) is 84.2 cm³/mol. The molecule has 2 N–H and O–H groups in total. The Morgan fingerprint density at radius 2 is 1.90 bits per heavy atom. The van der Waals surface area contributed by atoms with Gasteiger partial charge in [0.15, 0.2) is 0 Å². The fourth-order valence-corrected chi connectivity index (χ4v) is 2.65. The largest absolute Gasteiger partial charge is 0.367 e. The Morgan fingerprint density at radius 1 is 1.10 bits per heavy atom. The van der Waals surface area contributed by atoms with Gasteiger partial charge in [0.25, 0.3) is 0 Å². The van der Waals surface area contributed by atoms with Gasteiger partial charge < -0.3 is 10.3 Å². The number of nitrogens with two attached hydrogens (primary N) is 1. The van der Waals surface area contributed by atoms with E-state index in [0.29, 0.717) is 5.88 Å². The molecule has 0 saturated carbocycles. The standard InChI is InChI=1S/C16H13BrN2O/c1-10-5-2-3-8-13(10)14-15(19-20-16(14)18)11-6-4-7-12(17)9-11/h2-9H,18H2,1H3. The lowest BCUT2D eigenvalue weighted by molar-refractivity contribution is 0.439. The van der Waals surface area contributed by atoms with Gasteiger partial charge >= 0.3 is 0 Å². The van der Waals surface area contributed by atoms with E-state index in [2.05, 4.69) is 21.1 Å². The molecule has 0 spiro atoms. The summed E-state index contributed by atoms with van der Waals surface area (Å²) in [5.41, 5.74) is 10.7. The zero-order valence-electron chi connectivity index (χ0n) is 10.9. The van der Waals surface area contributed by atoms with Gasteiger partial charge in [0.2, 0.25) is 5.88 Å². The number of aromatic nitrogens is 1. The maximum atomic E-state index is 5.98. The molecule has 20 heavy (non-hydrogen) atoms. The highest BCUT2D eigenvalue weighted by atomic mass is 79.9. The van der Waals surface area contributed by atoms with Crippen molar-refractivity contribution in [2.75, 3.05) is 5.73 Å². The van der Waals surface area contributed by atoms with Crippen molar-refractivity contribution in [1.82, 2.24) is 5.16 Å². The van der Waals surface area contributed by atoms with E-state index in [-0.39, 0.29) is 0 Å². The van der Waals surface area contributed by atoms with Crippen LogP contribution in [-0.2, 0) is 0 Å². The minimum atomic E-state index is 0.342. The first-order valence-corrected chi connectivity index (χ1v) is 7.03. The van der Waals surface area contributed by atoms with Gasteiger partial charge in [-0.3, -0.25) is 0 Å². The van der Waals surface area contributed by atoms with E-state index in [0.717, 1.165) is 32.4 Å². The Kier molecular flexibility index (Phi) is 3.32. The number of hydrogen-bond donors (Lipinski definition) is 1. The van der Waals surface area contributed by atoms with Crippen LogP contribution in [0.4, 0.5) is 5.88 Å². The van der Waals surface area contributed by atoms with Gasteiger partial charge in [0.05, 0.1) is 5.56 Å². The number of anilines is 1. The minimum Gasteiger partial charge on any atom is -0.367 e. The Balaban J connectivity index is 2.23. The normalized spacial score (nSPS) is 10.7. The van der Waals surface area contributed by atoms with Crippen LogP contribution in [0.3, 0.4) is 0 Å². The van der Waals surface area contributed by atoms with Gasteiger partial charge in [-0.2, -0.15) is 0 Å². The zero-order chi connectivity index (χ0) is 14.1. The Hall–Kier alpha value is -2.07. The Morgan fingerprint density at radius 3 is 2.65 bits per heavy atom. The molecule has 0 atom stereocenters. The van der Waals surface area contributed by atoms with Crippen molar-refractivity contribution in [2.24, 2.45) is 0 Å². The summed E-state index contributed by atoms with van der Waals surface area (Å²) >= 11 is 3.47. The fourth-order valence-electron chi connectivity index (χ4n) is 2.25. The summed E-state index contributed by atoms with van der Waals surface area (Å²) in [5, 5.41) is 4.12. The molecule has 100 valence electrons. The molecule has 1 heterocycles. The summed E-state index contributed by atoms with van der Waals surface area (Å²) in [6.45, 7) is 2.05. The van der Waals surface area contributed by atoms with Crippen LogP contribution in [0.5, 0.6) is 0 Å². The maximum Gasteiger partial charge on any atom is 0.230 e. The van der Waals surface area contributed by atoms with Gasteiger partial charge in [-0.15, -0.1) is 0 Å². The van der Waals surface area contributed by atoms with E-state index in [1.165, 1.54) is 0 Å². The molecular formula is C16H13BrN2O. The average molecular weight is 329 g/mol. The first-order chi connectivity index (χ1) is 9.66. The lowest BCUT2D eigenvalue weighted by Crippen LogP contribution is -1.90. The third-order valence-electron chi connectivity index (χ3n) is 3.23.